The first-order chi connectivity index (χ1) is 14.9. The molecule has 0 saturated heterocycles. The van der Waals surface area contributed by atoms with Crippen LogP contribution < -0.4 is 0 Å². The summed E-state index contributed by atoms with van der Waals surface area (Å²) < 4.78 is 31.4. The molecule has 0 radical (unpaired) electrons. The highest BCUT2D eigenvalue weighted by Gasteiger charge is 2.64. The van der Waals surface area contributed by atoms with E-state index in [4.69, 9.17) is 4.55 Å². The van der Waals surface area contributed by atoms with Gasteiger partial charge in [0.15, 0.2) is 0 Å². The Morgan fingerprint density at radius 3 is 2.28 bits per heavy atom. The molecule has 4 aliphatic carbocycles. The normalized spacial score (nSPS) is 49.7. The van der Waals surface area contributed by atoms with Crippen molar-refractivity contribution in [3.63, 3.8) is 0 Å². The summed E-state index contributed by atoms with van der Waals surface area (Å²) in [6.07, 6.45) is 9.39. The van der Waals surface area contributed by atoms with Crippen molar-refractivity contribution in [2.45, 2.75) is 104 Å². The summed E-state index contributed by atoms with van der Waals surface area (Å²) in [4.78, 5) is 0. The molecule has 32 heavy (non-hydrogen) atoms. The first-order valence-corrected chi connectivity index (χ1v) is 14.8. The van der Waals surface area contributed by atoms with Gasteiger partial charge in [0, 0.05) is 0 Å². The highest BCUT2D eigenvalue weighted by molar-refractivity contribution is 7.85. The molecule has 0 bridgehead atoms. The molecule has 3 N–H and O–H groups in total. The molecule has 0 aliphatic heterocycles. The van der Waals surface area contributed by atoms with E-state index in [1.165, 1.54) is 25.7 Å². The van der Waals surface area contributed by atoms with Gasteiger partial charge in [-0.3, -0.25) is 4.55 Å². The average Bonchev–Trinajstić information content (AvgIpc) is 3.06. The Labute approximate surface area is 195 Å². The zero-order valence-electron chi connectivity index (χ0n) is 20.5. The third-order valence-corrected chi connectivity index (χ3v) is 12.0. The van der Waals surface area contributed by atoms with Crippen molar-refractivity contribution < 1.29 is 23.2 Å². The number of hydrogen-bond donors (Lipinski definition) is 3. The Morgan fingerprint density at radius 1 is 0.969 bits per heavy atom. The molecule has 4 fully saturated rings. The van der Waals surface area contributed by atoms with Crippen LogP contribution in [0.1, 0.15) is 91.9 Å². The van der Waals surface area contributed by atoms with Gasteiger partial charge in [0.2, 0.25) is 0 Å². The summed E-state index contributed by atoms with van der Waals surface area (Å²) in [6.45, 7) is 9.41. The lowest BCUT2D eigenvalue weighted by Crippen LogP contribution is -2.62. The van der Waals surface area contributed by atoms with Crippen molar-refractivity contribution in [1.82, 2.24) is 0 Å². The van der Waals surface area contributed by atoms with Gasteiger partial charge in [0.05, 0.1) is 18.0 Å². The molecule has 11 atom stereocenters. The summed E-state index contributed by atoms with van der Waals surface area (Å²) in [6, 6.07) is 0. The number of fused-ring (bicyclic) bond motifs is 5. The van der Waals surface area contributed by atoms with E-state index in [2.05, 4.69) is 27.7 Å². The summed E-state index contributed by atoms with van der Waals surface area (Å²) in [5.41, 5.74) is 0.430. The van der Waals surface area contributed by atoms with Crippen LogP contribution in [0.15, 0.2) is 0 Å². The van der Waals surface area contributed by atoms with Gasteiger partial charge in [-0.25, -0.2) is 0 Å². The van der Waals surface area contributed by atoms with E-state index in [9.17, 15) is 18.6 Å². The van der Waals surface area contributed by atoms with Gasteiger partial charge in [-0.1, -0.05) is 34.1 Å². The fourth-order valence-corrected chi connectivity index (χ4v) is 10.3. The molecule has 0 spiro atoms. The smallest absolute Gasteiger partial charge is 0.264 e. The molecule has 4 aliphatic rings. The largest absolute Gasteiger partial charge is 0.393 e. The van der Waals surface area contributed by atoms with Crippen LogP contribution in [0.4, 0.5) is 0 Å². The summed E-state index contributed by atoms with van der Waals surface area (Å²) in [5, 5.41) is 22.2. The standard InChI is InChI=1S/C26H46O5S/c1-5-18-22-15-17(27)10-12-26(22,4)21-11-13-25(3)19(8-9-20(25)23(21)24(18)28)16(2)7-6-14-32(29,30)31/h16-24,27-28H,5-15H2,1-4H3,(H,29,30,31)/t16-,17-,18-,19-,20+,21+,22+,23+,24-,25-,26-/m1/s1. The monoisotopic (exact) mass is 470 g/mol. The highest BCUT2D eigenvalue weighted by atomic mass is 32.2. The molecule has 0 aromatic carbocycles. The number of hydrogen-bond acceptors (Lipinski definition) is 4. The zero-order chi connectivity index (χ0) is 23.5. The van der Waals surface area contributed by atoms with E-state index in [1.807, 2.05) is 0 Å². The molecule has 0 aromatic rings. The molecule has 4 saturated carbocycles. The predicted octanol–water partition coefficient (Wildman–Crippen LogP) is 4.92. The molecule has 0 heterocycles. The van der Waals surface area contributed by atoms with E-state index in [0.29, 0.717) is 41.9 Å². The number of aliphatic hydroxyl groups is 2. The number of rotatable bonds is 6. The first kappa shape index (κ1) is 24.9. The second-order valence-electron chi connectivity index (χ2n) is 12.5. The van der Waals surface area contributed by atoms with Crippen molar-refractivity contribution in [2.75, 3.05) is 5.75 Å². The van der Waals surface area contributed by atoms with Gasteiger partial charge in [-0.2, -0.15) is 8.42 Å². The molecule has 5 nitrogen and oxygen atoms in total. The van der Waals surface area contributed by atoms with Crippen molar-refractivity contribution in [2.24, 2.45) is 52.3 Å². The third-order valence-electron chi connectivity index (χ3n) is 11.2. The molecule has 6 heteroatoms. The van der Waals surface area contributed by atoms with E-state index >= 15 is 0 Å². The van der Waals surface area contributed by atoms with Crippen molar-refractivity contribution >= 4 is 10.1 Å². The SMILES string of the molecule is CC[C@H]1[C@@H](O)[C@@H]2[C@H](CC[C@]3(C)[C@@H]([C@H](C)CCCS(=O)(=O)O)CC[C@@H]23)[C@@]2(C)CC[C@@H](O)C[C@@H]12. The van der Waals surface area contributed by atoms with E-state index in [0.717, 1.165) is 32.1 Å². The minimum absolute atomic E-state index is 0.141. The van der Waals surface area contributed by atoms with Crippen LogP contribution in [0.3, 0.4) is 0 Å². The summed E-state index contributed by atoms with van der Waals surface area (Å²) in [5.74, 6) is 2.98. The van der Waals surface area contributed by atoms with Gasteiger partial charge in [0.25, 0.3) is 10.1 Å². The molecule has 4 rings (SSSR count). The summed E-state index contributed by atoms with van der Waals surface area (Å²) >= 11 is 0. The van der Waals surface area contributed by atoms with Gasteiger partial charge in [0.1, 0.15) is 0 Å². The van der Waals surface area contributed by atoms with Crippen molar-refractivity contribution in [1.29, 1.82) is 0 Å². The molecular formula is C26H46O5S. The van der Waals surface area contributed by atoms with Gasteiger partial charge >= 0.3 is 0 Å². The quantitative estimate of drug-likeness (QED) is 0.479. The maximum Gasteiger partial charge on any atom is 0.264 e. The minimum Gasteiger partial charge on any atom is -0.393 e. The zero-order valence-corrected chi connectivity index (χ0v) is 21.4. The maximum absolute atomic E-state index is 11.7. The van der Waals surface area contributed by atoms with Crippen LogP contribution in [0, 0.1) is 52.3 Å². The van der Waals surface area contributed by atoms with Crippen LogP contribution >= 0.6 is 0 Å². The van der Waals surface area contributed by atoms with E-state index in [-0.39, 0.29) is 34.7 Å². The van der Waals surface area contributed by atoms with Crippen LogP contribution in [-0.2, 0) is 10.1 Å². The van der Waals surface area contributed by atoms with Gasteiger partial charge < -0.3 is 10.2 Å². The van der Waals surface area contributed by atoms with Gasteiger partial charge in [-0.05, 0) is 110 Å². The lowest BCUT2D eigenvalue weighted by atomic mass is 9.41. The summed E-state index contributed by atoms with van der Waals surface area (Å²) in [7, 11) is -3.89. The Hall–Kier alpha value is -0.170. The van der Waals surface area contributed by atoms with Crippen molar-refractivity contribution in [3.05, 3.63) is 0 Å². The molecule has 0 unspecified atom stereocenters. The predicted molar refractivity (Wildman–Crippen MR) is 127 cm³/mol. The Kier molecular flexibility index (Phi) is 6.86. The minimum atomic E-state index is -3.89. The molecular weight excluding hydrogens is 424 g/mol. The number of aliphatic hydroxyl groups excluding tert-OH is 2. The third kappa shape index (κ3) is 4.09. The second-order valence-corrected chi connectivity index (χ2v) is 14.1. The Morgan fingerprint density at radius 2 is 1.62 bits per heavy atom. The highest BCUT2D eigenvalue weighted by Crippen LogP contribution is 2.69. The maximum atomic E-state index is 11.7. The molecule has 0 amide bonds. The van der Waals surface area contributed by atoms with Crippen molar-refractivity contribution in [3.8, 4) is 0 Å². The fraction of sp³-hybridized carbons (Fsp3) is 1.00. The topological polar surface area (TPSA) is 94.8 Å². The van der Waals surface area contributed by atoms with E-state index < -0.39 is 10.1 Å². The molecule has 186 valence electrons. The molecule has 0 aromatic heterocycles. The van der Waals surface area contributed by atoms with E-state index in [1.54, 1.807) is 0 Å². The lowest BCUT2D eigenvalue weighted by molar-refractivity contribution is -0.203. The van der Waals surface area contributed by atoms with Crippen LogP contribution in [0.2, 0.25) is 0 Å². The Bertz CT molecular complexity index is 783. The van der Waals surface area contributed by atoms with Crippen LogP contribution in [0.25, 0.3) is 0 Å². The average molecular weight is 471 g/mol. The fourth-order valence-electron chi connectivity index (χ4n) is 9.72. The Balaban J connectivity index is 1.56. The lowest BCUT2D eigenvalue weighted by Gasteiger charge is -2.64. The van der Waals surface area contributed by atoms with Crippen LogP contribution in [0.5, 0.6) is 0 Å². The second kappa shape index (κ2) is 8.80. The van der Waals surface area contributed by atoms with Gasteiger partial charge in [-0.15, -0.1) is 0 Å². The first-order valence-electron chi connectivity index (χ1n) is 13.2. The van der Waals surface area contributed by atoms with Crippen LogP contribution in [-0.4, -0.2) is 41.1 Å².